The average Bonchev–Trinajstić information content (AvgIpc) is 3.32. The van der Waals surface area contributed by atoms with Gasteiger partial charge in [0.1, 0.15) is 11.5 Å². The molecule has 0 aliphatic carbocycles. The topological polar surface area (TPSA) is 80.2 Å². The van der Waals surface area contributed by atoms with Gasteiger partial charge in [-0.05, 0) is 36.8 Å². The third-order valence-electron chi connectivity index (χ3n) is 5.56. The Balaban J connectivity index is 1.76. The predicted molar refractivity (Wildman–Crippen MR) is 122 cm³/mol. The van der Waals surface area contributed by atoms with E-state index in [1.165, 1.54) is 0 Å². The smallest absolute Gasteiger partial charge is 0.231 e. The summed E-state index contributed by atoms with van der Waals surface area (Å²) in [4.78, 5) is 32.5. The van der Waals surface area contributed by atoms with Crippen LogP contribution < -0.4 is 19.7 Å². The van der Waals surface area contributed by atoms with Crippen LogP contribution in [0.15, 0.2) is 53.5 Å². The van der Waals surface area contributed by atoms with Crippen molar-refractivity contribution in [3.8, 4) is 11.5 Å². The molecule has 1 N–H and O–H groups in total. The number of rotatable bonds is 5. The Morgan fingerprint density at radius 2 is 1.90 bits per heavy atom. The summed E-state index contributed by atoms with van der Waals surface area (Å²) in [6.45, 7) is 0.706. The van der Waals surface area contributed by atoms with Crippen molar-refractivity contribution in [2.24, 2.45) is 10.9 Å². The molecule has 2 heterocycles. The Labute approximate surface area is 185 Å². The average molecular weight is 440 g/mol. The summed E-state index contributed by atoms with van der Waals surface area (Å²) in [5, 5.41) is 3.62. The Bertz CT molecular complexity index is 993. The first-order valence-corrected chi connectivity index (χ1v) is 11.2. The quantitative estimate of drug-likeness (QED) is 0.772. The number of anilines is 1. The third-order valence-corrected chi connectivity index (χ3v) is 6.45. The second-order valence-electron chi connectivity index (χ2n) is 7.32. The number of ether oxygens (including phenoxy) is 2. The lowest BCUT2D eigenvalue weighted by Crippen LogP contribution is -2.49. The van der Waals surface area contributed by atoms with Gasteiger partial charge in [-0.2, -0.15) is 0 Å². The summed E-state index contributed by atoms with van der Waals surface area (Å²) >= 11 is 1.54. The molecule has 0 spiro atoms. The molecule has 2 aliphatic rings. The van der Waals surface area contributed by atoms with Crippen molar-refractivity contribution in [2.45, 2.75) is 18.9 Å². The first kappa shape index (κ1) is 21.2. The number of piperidine rings is 1. The number of carbonyl (C=O) groups is 2. The number of thioether (sulfide) groups is 1. The number of methoxy groups -OCH3 is 2. The van der Waals surface area contributed by atoms with E-state index in [1.807, 2.05) is 48.5 Å². The van der Waals surface area contributed by atoms with Crippen LogP contribution in [0.3, 0.4) is 0 Å². The van der Waals surface area contributed by atoms with E-state index in [4.69, 9.17) is 9.47 Å². The van der Waals surface area contributed by atoms with Gasteiger partial charge < -0.3 is 19.7 Å². The molecule has 2 aliphatic heterocycles. The van der Waals surface area contributed by atoms with Crippen LogP contribution in [0.4, 0.5) is 5.69 Å². The van der Waals surface area contributed by atoms with E-state index >= 15 is 0 Å². The molecule has 0 aromatic heterocycles. The maximum atomic E-state index is 13.3. The van der Waals surface area contributed by atoms with Crippen LogP contribution in [0.5, 0.6) is 11.5 Å². The summed E-state index contributed by atoms with van der Waals surface area (Å²) in [6.07, 6.45) is 0.743. The normalized spacial score (nSPS) is 20.9. The summed E-state index contributed by atoms with van der Waals surface area (Å²) in [6, 6.07) is 14.4. The lowest BCUT2D eigenvalue weighted by molar-refractivity contribution is -0.128. The highest BCUT2D eigenvalue weighted by Crippen LogP contribution is 2.43. The molecule has 2 aromatic carbocycles. The highest BCUT2D eigenvalue weighted by atomic mass is 32.2. The Hall–Kier alpha value is -3.00. The fraction of sp³-hybridized carbons (Fsp3) is 0.348. The number of amidine groups is 1. The lowest BCUT2D eigenvalue weighted by atomic mass is 9.82. The van der Waals surface area contributed by atoms with Gasteiger partial charge in [-0.25, -0.2) is 0 Å². The SMILES string of the molecule is COc1ccc(N2C(=O)CC[C@H](C(=O)NC3=NCCS3)[C@H]2c2ccccc2OC)cc1. The molecule has 2 aromatic rings. The van der Waals surface area contributed by atoms with Crippen molar-refractivity contribution < 1.29 is 19.1 Å². The fourth-order valence-electron chi connectivity index (χ4n) is 4.09. The minimum Gasteiger partial charge on any atom is -0.497 e. The van der Waals surface area contributed by atoms with Crippen LogP contribution in [0.2, 0.25) is 0 Å². The maximum absolute atomic E-state index is 13.3. The molecule has 0 unspecified atom stereocenters. The molecule has 7 nitrogen and oxygen atoms in total. The van der Waals surface area contributed by atoms with Crippen LogP contribution in [0.1, 0.15) is 24.4 Å². The van der Waals surface area contributed by atoms with E-state index in [1.54, 1.807) is 30.9 Å². The van der Waals surface area contributed by atoms with Crippen LogP contribution in [-0.2, 0) is 9.59 Å². The summed E-state index contributed by atoms with van der Waals surface area (Å²) in [7, 11) is 3.20. The Morgan fingerprint density at radius 3 is 2.58 bits per heavy atom. The zero-order chi connectivity index (χ0) is 21.8. The van der Waals surface area contributed by atoms with Crippen molar-refractivity contribution in [3.05, 3.63) is 54.1 Å². The number of aliphatic imine (C=N–C) groups is 1. The van der Waals surface area contributed by atoms with Gasteiger partial charge in [0.25, 0.3) is 0 Å². The summed E-state index contributed by atoms with van der Waals surface area (Å²) in [5.41, 5.74) is 1.52. The van der Waals surface area contributed by atoms with Gasteiger partial charge in [0.15, 0.2) is 5.17 Å². The number of amides is 2. The van der Waals surface area contributed by atoms with Crippen LogP contribution >= 0.6 is 11.8 Å². The van der Waals surface area contributed by atoms with E-state index in [0.29, 0.717) is 35.3 Å². The molecule has 1 fully saturated rings. The van der Waals surface area contributed by atoms with E-state index in [-0.39, 0.29) is 18.2 Å². The van der Waals surface area contributed by atoms with Crippen LogP contribution in [0.25, 0.3) is 0 Å². The second-order valence-corrected chi connectivity index (χ2v) is 8.40. The van der Waals surface area contributed by atoms with Gasteiger partial charge in [0.2, 0.25) is 11.8 Å². The lowest BCUT2D eigenvalue weighted by Gasteiger charge is -2.41. The van der Waals surface area contributed by atoms with Gasteiger partial charge in [-0.3, -0.25) is 14.6 Å². The zero-order valence-corrected chi connectivity index (χ0v) is 18.4. The molecule has 0 radical (unpaired) electrons. The molecule has 0 bridgehead atoms. The molecule has 1 saturated heterocycles. The largest absolute Gasteiger partial charge is 0.497 e. The van der Waals surface area contributed by atoms with E-state index in [2.05, 4.69) is 10.3 Å². The monoisotopic (exact) mass is 439 g/mol. The van der Waals surface area contributed by atoms with Crippen molar-refractivity contribution >= 4 is 34.4 Å². The van der Waals surface area contributed by atoms with Crippen molar-refractivity contribution in [3.63, 3.8) is 0 Å². The number of nitrogens with one attached hydrogen (secondary N) is 1. The minimum atomic E-state index is -0.502. The van der Waals surface area contributed by atoms with Gasteiger partial charge in [-0.15, -0.1) is 0 Å². The van der Waals surface area contributed by atoms with Crippen molar-refractivity contribution in [2.75, 3.05) is 31.4 Å². The number of benzene rings is 2. The predicted octanol–water partition coefficient (Wildman–Crippen LogP) is 3.41. The Kier molecular flexibility index (Phi) is 6.46. The molecule has 31 heavy (non-hydrogen) atoms. The van der Waals surface area contributed by atoms with E-state index in [0.717, 1.165) is 11.3 Å². The number of para-hydroxylation sites is 1. The zero-order valence-electron chi connectivity index (χ0n) is 17.5. The summed E-state index contributed by atoms with van der Waals surface area (Å²) < 4.78 is 10.9. The van der Waals surface area contributed by atoms with Crippen LogP contribution in [-0.4, -0.2) is 43.5 Å². The molecule has 0 saturated carbocycles. The highest BCUT2D eigenvalue weighted by molar-refractivity contribution is 8.14. The third kappa shape index (κ3) is 4.39. The number of hydrogen-bond acceptors (Lipinski definition) is 6. The highest BCUT2D eigenvalue weighted by Gasteiger charge is 2.43. The van der Waals surface area contributed by atoms with Gasteiger partial charge >= 0.3 is 0 Å². The van der Waals surface area contributed by atoms with Crippen molar-refractivity contribution in [1.82, 2.24) is 5.32 Å². The first-order chi connectivity index (χ1) is 15.1. The molecular weight excluding hydrogens is 414 g/mol. The summed E-state index contributed by atoms with van der Waals surface area (Å²) in [5.74, 6) is 1.61. The van der Waals surface area contributed by atoms with Gasteiger partial charge in [0, 0.05) is 23.4 Å². The molecule has 4 rings (SSSR count). The standard InChI is InChI=1S/C23H25N3O4S/c1-29-16-9-7-15(8-10-16)26-20(27)12-11-18(22(28)25-23-24-13-14-31-23)21(26)17-5-3-4-6-19(17)30-2/h3-10,18,21H,11-14H2,1-2H3,(H,24,25,28)/t18-,21+/m0/s1. The minimum absolute atomic E-state index is 0.0299. The number of hydrogen-bond donors (Lipinski definition) is 1. The number of nitrogens with zero attached hydrogens (tertiary/aromatic N) is 2. The Morgan fingerprint density at radius 1 is 1.13 bits per heavy atom. The molecular formula is C23H25N3O4S. The number of carbonyl (C=O) groups excluding carboxylic acids is 2. The van der Waals surface area contributed by atoms with Crippen molar-refractivity contribution in [1.29, 1.82) is 0 Å². The van der Waals surface area contributed by atoms with E-state index in [9.17, 15) is 9.59 Å². The van der Waals surface area contributed by atoms with Gasteiger partial charge in [0.05, 0.1) is 32.7 Å². The first-order valence-electron chi connectivity index (χ1n) is 10.2. The molecule has 8 heteroatoms. The maximum Gasteiger partial charge on any atom is 0.231 e. The fourth-order valence-corrected chi connectivity index (χ4v) is 4.82. The van der Waals surface area contributed by atoms with E-state index < -0.39 is 12.0 Å². The molecule has 2 amide bonds. The van der Waals surface area contributed by atoms with Gasteiger partial charge in [-0.1, -0.05) is 30.0 Å². The molecule has 162 valence electrons. The molecule has 2 atom stereocenters. The van der Waals surface area contributed by atoms with Crippen LogP contribution in [0, 0.1) is 5.92 Å². The second kappa shape index (κ2) is 9.43.